The first-order chi connectivity index (χ1) is 17.4. The summed E-state index contributed by atoms with van der Waals surface area (Å²) in [6.45, 7) is 2.08. The number of hydrogen-bond acceptors (Lipinski definition) is 6. The fourth-order valence-corrected chi connectivity index (χ4v) is 4.25. The van der Waals surface area contributed by atoms with E-state index in [0.29, 0.717) is 28.0 Å². The van der Waals surface area contributed by atoms with Crippen molar-refractivity contribution >= 4 is 29.3 Å². The number of aromatic nitrogens is 3. The second-order valence-corrected chi connectivity index (χ2v) is 8.74. The minimum absolute atomic E-state index is 0.0644. The molecule has 0 radical (unpaired) electrons. The number of anilines is 1. The molecule has 0 aliphatic rings. The van der Waals surface area contributed by atoms with Crippen LogP contribution in [-0.4, -0.2) is 39.4 Å². The number of halogens is 1. The van der Waals surface area contributed by atoms with Gasteiger partial charge in [-0.1, -0.05) is 36.0 Å². The normalized spacial score (nSPS) is 10.6. The summed E-state index contributed by atoms with van der Waals surface area (Å²) in [5.74, 6) is 0.0906. The predicted molar refractivity (Wildman–Crippen MR) is 136 cm³/mol. The third kappa shape index (κ3) is 6.08. The van der Waals surface area contributed by atoms with Gasteiger partial charge in [0.1, 0.15) is 11.6 Å². The first-order valence-corrected chi connectivity index (χ1v) is 12.0. The molecular weight excluding hydrogens is 481 g/mol. The molecule has 0 aliphatic heterocycles. The third-order valence-corrected chi connectivity index (χ3v) is 6.11. The van der Waals surface area contributed by atoms with Crippen LogP contribution in [0.2, 0.25) is 0 Å². The number of ether oxygens (including phenoxy) is 1. The highest BCUT2D eigenvalue weighted by Gasteiger charge is 2.18. The highest BCUT2D eigenvalue weighted by Crippen LogP contribution is 2.24. The lowest BCUT2D eigenvalue weighted by Gasteiger charge is -2.12. The molecule has 8 nitrogen and oxygen atoms in total. The molecule has 0 unspecified atom stereocenters. The second kappa shape index (κ2) is 11.5. The van der Waals surface area contributed by atoms with Crippen molar-refractivity contribution < 1.29 is 18.7 Å². The van der Waals surface area contributed by atoms with E-state index in [9.17, 15) is 14.0 Å². The lowest BCUT2D eigenvalue weighted by Crippen LogP contribution is -2.25. The van der Waals surface area contributed by atoms with Crippen LogP contribution < -0.4 is 15.4 Å². The molecule has 3 aromatic carbocycles. The number of benzene rings is 3. The smallest absolute Gasteiger partial charge is 0.255 e. The highest BCUT2D eigenvalue weighted by molar-refractivity contribution is 7.99. The maximum Gasteiger partial charge on any atom is 0.255 e. The third-order valence-electron chi connectivity index (χ3n) is 5.18. The number of nitrogens with zero attached hydrogens (tertiary/aromatic N) is 3. The van der Waals surface area contributed by atoms with E-state index < -0.39 is 0 Å². The first-order valence-electron chi connectivity index (χ1n) is 11.1. The Morgan fingerprint density at radius 2 is 1.81 bits per heavy atom. The molecule has 1 aromatic heterocycles. The second-order valence-electron chi connectivity index (χ2n) is 7.80. The molecule has 0 saturated carbocycles. The lowest BCUT2D eigenvalue weighted by atomic mass is 10.2. The van der Waals surface area contributed by atoms with Gasteiger partial charge in [0.2, 0.25) is 5.91 Å². The van der Waals surface area contributed by atoms with E-state index in [1.165, 1.54) is 43.1 Å². The molecule has 0 fully saturated rings. The Kier molecular flexibility index (Phi) is 7.96. The molecule has 1 heterocycles. The van der Waals surface area contributed by atoms with Gasteiger partial charge in [0.25, 0.3) is 5.91 Å². The molecule has 0 spiro atoms. The lowest BCUT2D eigenvalue weighted by molar-refractivity contribution is -0.113. The van der Waals surface area contributed by atoms with Crippen molar-refractivity contribution in [2.75, 3.05) is 18.2 Å². The monoisotopic (exact) mass is 505 g/mol. The molecule has 0 aliphatic carbocycles. The Morgan fingerprint density at radius 1 is 1.03 bits per heavy atom. The summed E-state index contributed by atoms with van der Waals surface area (Å²) in [6, 6.07) is 20.3. The molecule has 184 valence electrons. The summed E-state index contributed by atoms with van der Waals surface area (Å²) < 4.78 is 20.2. The Labute approximate surface area is 211 Å². The molecule has 2 N–H and O–H groups in total. The number of thioether (sulfide) groups is 1. The van der Waals surface area contributed by atoms with E-state index in [1.54, 1.807) is 24.3 Å². The van der Waals surface area contributed by atoms with Crippen molar-refractivity contribution in [1.29, 1.82) is 0 Å². The van der Waals surface area contributed by atoms with E-state index in [-0.39, 0.29) is 29.9 Å². The fraction of sp³-hybridized carbons (Fsp3) is 0.154. The molecule has 10 heteroatoms. The number of carbonyl (C=O) groups is 2. The van der Waals surface area contributed by atoms with Crippen molar-refractivity contribution in [2.45, 2.75) is 18.6 Å². The van der Waals surface area contributed by atoms with Crippen LogP contribution in [0, 0.1) is 12.7 Å². The highest BCUT2D eigenvalue weighted by atomic mass is 32.2. The van der Waals surface area contributed by atoms with Crippen LogP contribution in [0.25, 0.3) is 5.69 Å². The largest absolute Gasteiger partial charge is 0.496 e. The molecule has 0 saturated heterocycles. The molecule has 36 heavy (non-hydrogen) atoms. The summed E-state index contributed by atoms with van der Waals surface area (Å²) in [5.41, 5.74) is 2.76. The van der Waals surface area contributed by atoms with Crippen LogP contribution >= 0.6 is 11.8 Å². The van der Waals surface area contributed by atoms with Gasteiger partial charge in [0.05, 0.1) is 25.0 Å². The van der Waals surface area contributed by atoms with Gasteiger partial charge in [-0.25, -0.2) is 4.39 Å². The summed E-state index contributed by atoms with van der Waals surface area (Å²) in [4.78, 5) is 25.2. The van der Waals surface area contributed by atoms with Gasteiger partial charge in [-0.2, -0.15) is 0 Å². The number of rotatable bonds is 9. The topological polar surface area (TPSA) is 98.1 Å². The first kappa shape index (κ1) is 24.9. The van der Waals surface area contributed by atoms with Gasteiger partial charge in [0, 0.05) is 11.4 Å². The van der Waals surface area contributed by atoms with E-state index in [0.717, 1.165) is 11.3 Å². The summed E-state index contributed by atoms with van der Waals surface area (Å²) in [5, 5.41) is 14.6. The number of aryl methyl sites for hydroxylation is 1. The minimum atomic E-state index is -0.376. The standard InChI is InChI=1S/C26H24FN5O3S/c1-17-6-5-7-20(14-17)32-23(15-28-25(34)21-8-3-4-9-22(21)35-2)30-31-26(32)36-16-24(33)29-19-12-10-18(27)11-13-19/h3-14H,15-16H2,1-2H3,(H,28,34)(H,29,33). The zero-order valence-corrected chi connectivity index (χ0v) is 20.5. The number of para-hydroxylation sites is 1. The average molecular weight is 506 g/mol. The zero-order chi connectivity index (χ0) is 25.5. The van der Waals surface area contributed by atoms with E-state index >= 15 is 0 Å². The molecule has 0 atom stereocenters. The van der Waals surface area contributed by atoms with Crippen LogP contribution in [-0.2, 0) is 11.3 Å². The minimum Gasteiger partial charge on any atom is -0.496 e. The molecule has 4 aromatic rings. The van der Waals surface area contributed by atoms with Crippen LogP contribution in [0.1, 0.15) is 21.7 Å². The van der Waals surface area contributed by atoms with E-state index in [4.69, 9.17) is 4.74 Å². The Morgan fingerprint density at radius 3 is 2.56 bits per heavy atom. The van der Waals surface area contributed by atoms with Gasteiger partial charge in [-0.15, -0.1) is 10.2 Å². The van der Waals surface area contributed by atoms with Crippen LogP contribution in [0.4, 0.5) is 10.1 Å². The maximum absolute atomic E-state index is 13.1. The fourth-order valence-electron chi connectivity index (χ4n) is 3.48. The van der Waals surface area contributed by atoms with Gasteiger partial charge in [-0.3, -0.25) is 14.2 Å². The number of carbonyl (C=O) groups excluding carboxylic acids is 2. The quantitative estimate of drug-likeness (QED) is 0.328. The van der Waals surface area contributed by atoms with Crippen molar-refractivity contribution in [3.05, 3.63) is 95.6 Å². The molecule has 2 amide bonds. The van der Waals surface area contributed by atoms with Crippen LogP contribution in [0.3, 0.4) is 0 Å². The molecule has 0 bridgehead atoms. The Bertz CT molecular complexity index is 1370. The number of hydrogen-bond donors (Lipinski definition) is 2. The van der Waals surface area contributed by atoms with Gasteiger partial charge in [0.15, 0.2) is 11.0 Å². The Balaban J connectivity index is 1.51. The molecule has 4 rings (SSSR count). The summed E-state index contributed by atoms with van der Waals surface area (Å²) in [6.07, 6.45) is 0. The number of nitrogens with one attached hydrogen (secondary N) is 2. The average Bonchev–Trinajstić information content (AvgIpc) is 3.30. The Hall–Kier alpha value is -4.18. The zero-order valence-electron chi connectivity index (χ0n) is 19.7. The number of methoxy groups -OCH3 is 1. The van der Waals surface area contributed by atoms with E-state index in [2.05, 4.69) is 20.8 Å². The summed E-state index contributed by atoms with van der Waals surface area (Å²) >= 11 is 1.21. The molecular formula is C26H24FN5O3S. The van der Waals surface area contributed by atoms with Crippen LogP contribution in [0.15, 0.2) is 78.0 Å². The van der Waals surface area contributed by atoms with Crippen LogP contribution in [0.5, 0.6) is 5.75 Å². The van der Waals surface area contributed by atoms with Crippen molar-refractivity contribution in [3.63, 3.8) is 0 Å². The van der Waals surface area contributed by atoms with Crippen molar-refractivity contribution in [1.82, 2.24) is 20.1 Å². The number of amides is 2. The maximum atomic E-state index is 13.1. The SMILES string of the molecule is COc1ccccc1C(=O)NCc1nnc(SCC(=O)Nc2ccc(F)cc2)n1-c1cccc(C)c1. The van der Waals surface area contributed by atoms with Gasteiger partial charge < -0.3 is 15.4 Å². The van der Waals surface area contributed by atoms with Crippen molar-refractivity contribution in [2.24, 2.45) is 0 Å². The van der Waals surface area contributed by atoms with Gasteiger partial charge in [-0.05, 0) is 61.0 Å². The van der Waals surface area contributed by atoms with Crippen molar-refractivity contribution in [3.8, 4) is 11.4 Å². The summed E-state index contributed by atoms with van der Waals surface area (Å²) in [7, 11) is 1.51. The van der Waals surface area contributed by atoms with E-state index in [1.807, 2.05) is 35.8 Å². The predicted octanol–water partition coefficient (Wildman–Crippen LogP) is 4.38. The van der Waals surface area contributed by atoms with Gasteiger partial charge >= 0.3 is 0 Å².